The maximum absolute atomic E-state index is 12.8. The van der Waals surface area contributed by atoms with Crippen LogP contribution in [0, 0.1) is 0 Å². The van der Waals surface area contributed by atoms with E-state index in [0.717, 1.165) is 32.4 Å². The van der Waals surface area contributed by atoms with E-state index in [4.69, 9.17) is 0 Å². The Hall–Kier alpha value is -2.11. The first-order chi connectivity index (χ1) is 12.3. The molecule has 1 N–H and O–H groups in total. The summed E-state index contributed by atoms with van der Waals surface area (Å²) in [5, 5.41) is 7.93. The Morgan fingerprint density at radius 1 is 1.35 bits per heavy atom. The maximum Gasteiger partial charge on any atom is 0.274 e. The highest BCUT2D eigenvalue weighted by atomic mass is 35.5. The fourth-order valence-electron chi connectivity index (χ4n) is 3.22. The summed E-state index contributed by atoms with van der Waals surface area (Å²) in [6, 6.07) is 12.4. The molecule has 1 unspecified atom stereocenters. The normalized spacial score (nSPS) is 16.5. The Labute approximate surface area is 161 Å². The summed E-state index contributed by atoms with van der Waals surface area (Å²) in [6.45, 7) is 6.96. The molecule has 1 aliphatic rings. The second kappa shape index (κ2) is 10.1. The van der Waals surface area contributed by atoms with Crippen molar-refractivity contribution in [2.75, 3.05) is 26.2 Å². The summed E-state index contributed by atoms with van der Waals surface area (Å²) < 4.78 is 1.93. The number of aromatic nitrogens is 2. The molecule has 1 atom stereocenters. The van der Waals surface area contributed by atoms with Crippen LogP contribution >= 0.6 is 12.4 Å². The lowest BCUT2D eigenvalue weighted by atomic mass is 10.1. The summed E-state index contributed by atoms with van der Waals surface area (Å²) in [4.78, 5) is 14.7. The zero-order valence-electron chi connectivity index (χ0n) is 15.0. The van der Waals surface area contributed by atoms with Crippen LogP contribution in [0.4, 0.5) is 0 Å². The van der Waals surface area contributed by atoms with Crippen LogP contribution in [0.15, 0.2) is 55.3 Å². The number of benzene rings is 1. The minimum Gasteiger partial charge on any atom is -0.333 e. The number of carbonyl (C=O) groups is 1. The van der Waals surface area contributed by atoms with E-state index in [9.17, 15) is 4.79 Å². The van der Waals surface area contributed by atoms with Gasteiger partial charge in [0.1, 0.15) is 5.69 Å². The molecule has 1 aromatic carbocycles. The van der Waals surface area contributed by atoms with Crippen molar-refractivity contribution in [2.24, 2.45) is 0 Å². The van der Waals surface area contributed by atoms with Gasteiger partial charge in [0.2, 0.25) is 0 Å². The molecule has 0 bridgehead atoms. The zero-order valence-corrected chi connectivity index (χ0v) is 15.8. The van der Waals surface area contributed by atoms with Crippen molar-refractivity contribution in [2.45, 2.75) is 25.3 Å². The molecule has 1 saturated heterocycles. The summed E-state index contributed by atoms with van der Waals surface area (Å²) in [5.41, 5.74) is 1.74. The Kier molecular flexibility index (Phi) is 7.88. The van der Waals surface area contributed by atoms with Crippen molar-refractivity contribution in [3.8, 4) is 0 Å². The molecule has 26 heavy (non-hydrogen) atoms. The lowest BCUT2D eigenvalue weighted by molar-refractivity contribution is 0.0768. The number of amides is 1. The van der Waals surface area contributed by atoms with Crippen LogP contribution in [0.3, 0.4) is 0 Å². The molecule has 140 valence electrons. The maximum atomic E-state index is 12.8. The van der Waals surface area contributed by atoms with Crippen LogP contribution in [0.5, 0.6) is 0 Å². The van der Waals surface area contributed by atoms with Crippen molar-refractivity contribution in [1.82, 2.24) is 20.0 Å². The van der Waals surface area contributed by atoms with Gasteiger partial charge < -0.3 is 10.2 Å². The number of carbonyl (C=O) groups excluding carboxylic acids is 1. The first-order valence-corrected chi connectivity index (χ1v) is 8.98. The van der Waals surface area contributed by atoms with Crippen LogP contribution < -0.4 is 5.32 Å². The van der Waals surface area contributed by atoms with E-state index >= 15 is 0 Å². The summed E-state index contributed by atoms with van der Waals surface area (Å²) >= 11 is 0. The van der Waals surface area contributed by atoms with Gasteiger partial charge in [-0.3, -0.25) is 9.48 Å². The summed E-state index contributed by atoms with van der Waals surface area (Å²) in [6.07, 6.45) is 6.77. The minimum atomic E-state index is -0.0293. The van der Waals surface area contributed by atoms with Crippen molar-refractivity contribution in [3.63, 3.8) is 0 Å². The van der Waals surface area contributed by atoms with Gasteiger partial charge in [-0.1, -0.05) is 36.4 Å². The molecule has 2 heterocycles. The summed E-state index contributed by atoms with van der Waals surface area (Å²) in [5.74, 6) is -0.0293. The van der Waals surface area contributed by atoms with Crippen molar-refractivity contribution >= 4 is 18.3 Å². The highest BCUT2D eigenvalue weighted by Gasteiger charge is 2.20. The van der Waals surface area contributed by atoms with Crippen LogP contribution in [-0.2, 0) is 6.42 Å². The van der Waals surface area contributed by atoms with Gasteiger partial charge in [-0.25, -0.2) is 0 Å². The Bertz CT molecular complexity index is 695. The molecule has 3 rings (SSSR count). The number of nitrogens with zero attached hydrogens (tertiary/aromatic N) is 3. The standard InChI is InChI=1S/C20H26N4O.ClH/c1-2-13-23(14-10-17-7-4-3-5-8-17)20(25)19-11-15-24(22-19)18-9-6-12-21-16-18;/h2-5,7-8,11,15,18,21H,1,6,9-10,12-14,16H2;1H. The van der Waals surface area contributed by atoms with Gasteiger partial charge in [-0.15, -0.1) is 19.0 Å². The largest absolute Gasteiger partial charge is 0.333 e. The molecular weight excluding hydrogens is 348 g/mol. The van der Waals surface area contributed by atoms with Gasteiger partial charge in [0.15, 0.2) is 0 Å². The molecule has 5 nitrogen and oxygen atoms in total. The van der Waals surface area contributed by atoms with E-state index in [1.807, 2.05) is 40.0 Å². The molecule has 6 heteroatoms. The predicted octanol–water partition coefficient (Wildman–Crippen LogP) is 3.10. The molecule has 0 aliphatic carbocycles. The second-order valence-corrected chi connectivity index (χ2v) is 6.46. The van der Waals surface area contributed by atoms with E-state index in [1.165, 1.54) is 5.56 Å². The van der Waals surface area contributed by atoms with Gasteiger partial charge in [0, 0.05) is 25.8 Å². The molecule has 0 radical (unpaired) electrons. The number of hydrogen-bond acceptors (Lipinski definition) is 3. The van der Waals surface area contributed by atoms with Crippen molar-refractivity contribution in [1.29, 1.82) is 0 Å². The lowest BCUT2D eigenvalue weighted by Gasteiger charge is -2.23. The number of piperidine rings is 1. The third-order valence-corrected chi connectivity index (χ3v) is 4.62. The first kappa shape index (κ1) is 20.2. The third-order valence-electron chi connectivity index (χ3n) is 4.62. The first-order valence-electron chi connectivity index (χ1n) is 8.98. The molecule has 0 saturated carbocycles. The highest BCUT2D eigenvalue weighted by Crippen LogP contribution is 2.16. The Morgan fingerprint density at radius 3 is 2.85 bits per heavy atom. The minimum absolute atomic E-state index is 0. The topological polar surface area (TPSA) is 50.2 Å². The van der Waals surface area contributed by atoms with Gasteiger partial charge >= 0.3 is 0 Å². The fraction of sp³-hybridized carbons (Fsp3) is 0.400. The fourth-order valence-corrected chi connectivity index (χ4v) is 3.22. The Balaban J connectivity index is 0.00000243. The molecule has 0 spiro atoms. The number of halogens is 1. The van der Waals surface area contributed by atoms with Crippen LogP contribution in [-0.4, -0.2) is 46.8 Å². The van der Waals surface area contributed by atoms with Crippen molar-refractivity contribution in [3.05, 3.63) is 66.5 Å². The summed E-state index contributed by atoms with van der Waals surface area (Å²) in [7, 11) is 0. The molecule has 1 amide bonds. The average Bonchev–Trinajstić information content (AvgIpc) is 3.16. The van der Waals surface area contributed by atoms with Crippen LogP contribution in [0.1, 0.15) is 34.9 Å². The number of hydrogen-bond donors (Lipinski definition) is 1. The molecule has 1 aromatic heterocycles. The zero-order chi connectivity index (χ0) is 17.5. The number of nitrogens with one attached hydrogen (secondary N) is 1. The van der Waals surface area contributed by atoms with Gasteiger partial charge in [-0.05, 0) is 37.4 Å². The van der Waals surface area contributed by atoms with Crippen LogP contribution in [0.25, 0.3) is 0 Å². The smallest absolute Gasteiger partial charge is 0.274 e. The average molecular weight is 375 g/mol. The number of rotatable bonds is 7. The van der Waals surface area contributed by atoms with Gasteiger partial charge in [0.05, 0.1) is 6.04 Å². The van der Waals surface area contributed by atoms with Crippen molar-refractivity contribution < 1.29 is 4.79 Å². The molecular formula is C20H27ClN4O. The quantitative estimate of drug-likeness (QED) is 0.757. The van der Waals surface area contributed by atoms with E-state index in [2.05, 4.69) is 29.1 Å². The third kappa shape index (κ3) is 5.19. The van der Waals surface area contributed by atoms with E-state index in [1.54, 1.807) is 6.08 Å². The van der Waals surface area contributed by atoms with Gasteiger partial charge in [0.25, 0.3) is 5.91 Å². The van der Waals surface area contributed by atoms with Crippen LogP contribution in [0.2, 0.25) is 0 Å². The molecule has 2 aromatic rings. The lowest BCUT2D eigenvalue weighted by Crippen LogP contribution is -2.34. The van der Waals surface area contributed by atoms with E-state index in [0.29, 0.717) is 24.8 Å². The predicted molar refractivity (Wildman–Crippen MR) is 107 cm³/mol. The van der Waals surface area contributed by atoms with E-state index < -0.39 is 0 Å². The SMILES string of the molecule is C=CCN(CCc1ccccc1)C(=O)c1ccn(C2CCCNC2)n1.Cl. The Morgan fingerprint density at radius 2 is 2.15 bits per heavy atom. The molecule has 1 fully saturated rings. The van der Waals surface area contributed by atoms with E-state index in [-0.39, 0.29) is 18.3 Å². The monoisotopic (exact) mass is 374 g/mol. The second-order valence-electron chi connectivity index (χ2n) is 6.46. The highest BCUT2D eigenvalue weighted by molar-refractivity contribution is 5.92. The molecule has 1 aliphatic heterocycles. The van der Waals surface area contributed by atoms with Gasteiger partial charge in [-0.2, -0.15) is 5.10 Å².